The fraction of sp³-hybridized carbons (Fsp3) is 0.500. The van der Waals surface area contributed by atoms with Crippen LogP contribution in [-0.4, -0.2) is 18.5 Å². The van der Waals surface area contributed by atoms with Crippen molar-refractivity contribution in [2.24, 2.45) is 0 Å². The molecule has 1 aliphatic carbocycles. The summed E-state index contributed by atoms with van der Waals surface area (Å²) in [6, 6.07) is 5.81. The van der Waals surface area contributed by atoms with Crippen molar-refractivity contribution < 1.29 is 14.6 Å². The summed E-state index contributed by atoms with van der Waals surface area (Å²) in [7, 11) is 0. The topological polar surface area (TPSA) is 38.7 Å². The zero-order valence-corrected chi connectivity index (χ0v) is 8.90. The third kappa shape index (κ3) is 2.30. The Bertz CT molecular complexity index is 336. The van der Waals surface area contributed by atoms with Crippen LogP contribution in [-0.2, 0) is 11.2 Å². The van der Waals surface area contributed by atoms with E-state index in [9.17, 15) is 5.11 Å². The van der Waals surface area contributed by atoms with E-state index in [2.05, 4.69) is 0 Å². The van der Waals surface area contributed by atoms with Crippen molar-refractivity contribution in [2.45, 2.75) is 25.9 Å². The predicted molar refractivity (Wildman–Crippen MR) is 56.8 cm³/mol. The number of ether oxygens (including phenoxy) is 2. The Balaban J connectivity index is 2.03. The van der Waals surface area contributed by atoms with Gasteiger partial charge in [-0.2, -0.15) is 0 Å². The van der Waals surface area contributed by atoms with Crippen LogP contribution in [0.4, 0.5) is 0 Å². The van der Waals surface area contributed by atoms with Crippen LogP contribution >= 0.6 is 0 Å². The van der Waals surface area contributed by atoms with Gasteiger partial charge in [-0.25, -0.2) is 0 Å². The van der Waals surface area contributed by atoms with E-state index >= 15 is 0 Å². The van der Waals surface area contributed by atoms with Gasteiger partial charge in [-0.15, -0.1) is 0 Å². The molecule has 1 aromatic carbocycles. The number of hydrogen-bond acceptors (Lipinski definition) is 3. The smallest absolute Gasteiger partial charge is 0.189 e. The Kier molecular flexibility index (Phi) is 3.23. The van der Waals surface area contributed by atoms with Gasteiger partial charge in [0.2, 0.25) is 0 Å². The second-order valence-corrected chi connectivity index (χ2v) is 3.67. The highest BCUT2D eigenvalue weighted by Crippen LogP contribution is 2.33. The lowest BCUT2D eigenvalue weighted by Gasteiger charge is -2.08. The second kappa shape index (κ2) is 4.64. The fourth-order valence-electron chi connectivity index (χ4n) is 1.85. The molecule has 0 saturated carbocycles. The molecule has 82 valence electrons. The zero-order valence-electron chi connectivity index (χ0n) is 8.90. The molecule has 0 unspecified atom stereocenters. The van der Waals surface area contributed by atoms with E-state index in [1.54, 1.807) is 0 Å². The van der Waals surface area contributed by atoms with Gasteiger partial charge in [-0.1, -0.05) is 6.07 Å². The van der Waals surface area contributed by atoms with E-state index in [4.69, 9.17) is 9.47 Å². The summed E-state index contributed by atoms with van der Waals surface area (Å²) in [5, 5.41) is 9.62. The minimum absolute atomic E-state index is 0.290. The maximum atomic E-state index is 9.62. The van der Waals surface area contributed by atoms with E-state index in [0.29, 0.717) is 6.61 Å². The second-order valence-electron chi connectivity index (χ2n) is 3.67. The van der Waals surface area contributed by atoms with Gasteiger partial charge >= 0.3 is 0 Å². The average molecular weight is 208 g/mol. The van der Waals surface area contributed by atoms with Gasteiger partial charge in [0.1, 0.15) is 5.75 Å². The molecule has 0 bridgehead atoms. The Morgan fingerprint density at radius 1 is 1.47 bits per heavy atom. The molecule has 1 atom stereocenters. The Morgan fingerprint density at radius 3 is 3.13 bits per heavy atom. The van der Waals surface area contributed by atoms with E-state index in [1.165, 1.54) is 5.56 Å². The van der Waals surface area contributed by atoms with Gasteiger partial charge in [0, 0.05) is 6.61 Å². The molecule has 15 heavy (non-hydrogen) atoms. The summed E-state index contributed by atoms with van der Waals surface area (Å²) in [6.07, 6.45) is 1.47. The number of hydrogen-bond donors (Lipinski definition) is 1. The van der Waals surface area contributed by atoms with Crippen molar-refractivity contribution >= 4 is 0 Å². The van der Waals surface area contributed by atoms with Crippen LogP contribution in [0.5, 0.6) is 5.75 Å². The van der Waals surface area contributed by atoms with Crippen molar-refractivity contribution in [1.29, 1.82) is 0 Å². The van der Waals surface area contributed by atoms with E-state index < -0.39 is 0 Å². The maximum Gasteiger partial charge on any atom is 0.189 e. The lowest BCUT2D eigenvalue weighted by Crippen LogP contribution is -2.02. The largest absolute Gasteiger partial charge is 0.468 e. The maximum absolute atomic E-state index is 9.62. The first-order valence-corrected chi connectivity index (χ1v) is 5.32. The highest BCUT2D eigenvalue weighted by molar-refractivity contribution is 5.39. The molecule has 0 spiro atoms. The van der Waals surface area contributed by atoms with E-state index in [-0.39, 0.29) is 12.9 Å². The summed E-state index contributed by atoms with van der Waals surface area (Å²) < 4.78 is 10.5. The molecule has 0 fully saturated rings. The van der Waals surface area contributed by atoms with Crippen molar-refractivity contribution in [3.63, 3.8) is 0 Å². The minimum Gasteiger partial charge on any atom is -0.468 e. The number of benzene rings is 1. The molecule has 0 aliphatic heterocycles. The highest BCUT2D eigenvalue weighted by atomic mass is 16.7. The van der Waals surface area contributed by atoms with Gasteiger partial charge in [0.15, 0.2) is 6.79 Å². The molecule has 0 saturated heterocycles. The van der Waals surface area contributed by atoms with Crippen LogP contribution in [0.1, 0.15) is 30.6 Å². The van der Waals surface area contributed by atoms with Crippen LogP contribution < -0.4 is 4.74 Å². The van der Waals surface area contributed by atoms with Gasteiger partial charge in [-0.3, -0.25) is 0 Å². The van der Waals surface area contributed by atoms with Crippen molar-refractivity contribution in [1.82, 2.24) is 0 Å². The lowest BCUT2D eigenvalue weighted by atomic mass is 10.1. The molecular formula is C12H16O3. The van der Waals surface area contributed by atoms with Crippen LogP contribution in [0.2, 0.25) is 0 Å². The molecular weight excluding hydrogens is 192 g/mol. The third-order valence-electron chi connectivity index (χ3n) is 2.67. The number of aryl methyl sites for hydroxylation is 1. The zero-order chi connectivity index (χ0) is 10.7. The molecule has 1 aliphatic rings. The number of aliphatic hydroxyl groups excluding tert-OH is 1. The first-order chi connectivity index (χ1) is 7.31. The van der Waals surface area contributed by atoms with E-state index in [0.717, 1.165) is 24.2 Å². The molecule has 0 heterocycles. The molecule has 0 aromatic heterocycles. The Labute approximate surface area is 89.6 Å². The van der Waals surface area contributed by atoms with Gasteiger partial charge in [0.05, 0.1) is 6.10 Å². The van der Waals surface area contributed by atoms with Crippen LogP contribution in [0.15, 0.2) is 18.2 Å². The van der Waals surface area contributed by atoms with Gasteiger partial charge in [0.25, 0.3) is 0 Å². The van der Waals surface area contributed by atoms with Gasteiger partial charge in [-0.05, 0) is 43.0 Å². The van der Waals surface area contributed by atoms with Crippen LogP contribution in [0, 0.1) is 0 Å². The quantitative estimate of drug-likeness (QED) is 0.608. The Hall–Kier alpha value is -1.06. The summed E-state index contributed by atoms with van der Waals surface area (Å²) in [6.45, 7) is 2.88. The summed E-state index contributed by atoms with van der Waals surface area (Å²) in [4.78, 5) is 0. The van der Waals surface area contributed by atoms with Crippen molar-refractivity contribution in [2.75, 3.05) is 13.4 Å². The standard InChI is InChI=1S/C12H16O3/c1-2-14-8-15-10-4-5-11-9(7-10)3-6-12(11)13/h4-5,7,12-13H,2-3,6,8H2,1H3/t12-/m1/s1. The number of fused-ring (bicyclic) bond motifs is 1. The summed E-state index contributed by atoms with van der Waals surface area (Å²) in [5.41, 5.74) is 2.23. The molecule has 2 rings (SSSR count). The predicted octanol–water partition coefficient (Wildman–Crippen LogP) is 2.04. The SMILES string of the molecule is CCOCOc1ccc2c(c1)CC[C@H]2O. The fourth-order valence-corrected chi connectivity index (χ4v) is 1.85. The number of aliphatic hydroxyl groups is 1. The summed E-state index contributed by atoms with van der Waals surface area (Å²) >= 11 is 0. The molecule has 0 radical (unpaired) electrons. The van der Waals surface area contributed by atoms with Crippen LogP contribution in [0.25, 0.3) is 0 Å². The average Bonchev–Trinajstić information content (AvgIpc) is 2.61. The molecule has 3 heteroatoms. The lowest BCUT2D eigenvalue weighted by molar-refractivity contribution is 0.0224. The molecule has 1 aromatic rings. The molecule has 3 nitrogen and oxygen atoms in total. The highest BCUT2D eigenvalue weighted by Gasteiger charge is 2.20. The molecule has 0 amide bonds. The Morgan fingerprint density at radius 2 is 2.33 bits per heavy atom. The first-order valence-electron chi connectivity index (χ1n) is 5.32. The van der Waals surface area contributed by atoms with E-state index in [1.807, 2.05) is 25.1 Å². The molecule has 1 N–H and O–H groups in total. The van der Waals surface area contributed by atoms with Crippen molar-refractivity contribution in [3.05, 3.63) is 29.3 Å². The minimum atomic E-state index is -0.291. The normalized spacial score (nSPS) is 18.9. The van der Waals surface area contributed by atoms with Crippen molar-refractivity contribution in [3.8, 4) is 5.75 Å². The third-order valence-corrected chi connectivity index (χ3v) is 2.67. The summed E-state index contributed by atoms with van der Waals surface area (Å²) in [5.74, 6) is 0.816. The van der Waals surface area contributed by atoms with Gasteiger partial charge < -0.3 is 14.6 Å². The first kappa shape index (κ1) is 10.5. The monoisotopic (exact) mass is 208 g/mol. The number of rotatable bonds is 4. The van der Waals surface area contributed by atoms with Crippen LogP contribution in [0.3, 0.4) is 0 Å².